The molecule has 21 heavy (non-hydrogen) atoms. The maximum absolute atomic E-state index is 11.8. The van der Waals surface area contributed by atoms with Crippen molar-refractivity contribution in [1.82, 2.24) is 15.3 Å². The Morgan fingerprint density at radius 3 is 2.86 bits per heavy atom. The molecule has 1 atom stereocenters. The van der Waals surface area contributed by atoms with Gasteiger partial charge in [0.1, 0.15) is 11.9 Å². The van der Waals surface area contributed by atoms with Crippen LogP contribution in [-0.2, 0) is 16.0 Å². The standard InChI is InChI=1S/C15H17N3O3/c1-2-5-12(15(20)21)18-14(19)9-8-13-16-10-6-3-4-7-11(10)17-13/h2-4,6-7,12H,1,5,8-9H2,(H,16,17)(H,18,19)(H,20,21). The summed E-state index contributed by atoms with van der Waals surface area (Å²) < 4.78 is 0. The van der Waals surface area contributed by atoms with Crippen molar-refractivity contribution in [3.8, 4) is 0 Å². The summed E-state index contributed by atoms with van der Waals surface area (Å²) in [6, 6.07) is 6.68. The Bertz CT molecular complexity index is 630. The zero-order valence-electron chi connectivity index (χ0n) is 11.5. The highest BCUT2D eigenvalue weighted by molar-refractivity contribution is 5.83. The molecule has 0 bridgehead atoms. The number of aromatic amines is 1. The molecule has 1 heterocycles. The first kappa shape index (κ1) is 14.8. The lowest BCUT2D eigenvalue weighted by Crippen LogP contribution is -2.40. The molecular formula is C15H17N3O3. The molecule has 0 fully saturated rings. The van der Waals surface area contributed by atoms with Gasteiger partial charge in [0.25, 0.3) is 0 Å². The van der Waals surface area contributed by atoms with E-state index in [2.05, 4.69) is 21.9 Å². The summed E-state index contributed by atoms with van der Waals surface area (Å²) in [5, 5.41) is 11.4. The van der Waals surface area contributed by atoms with Crippen molar-refractivity contribution in [2.24, 2.45) is 0 Å². The number of hydrogen-bond acceptors (Lipinski definition) is 3. The summed E-state index contributed by atoms with van der Waals surface area (Å²) in [5.41, 5.74) is 1.77. The van der Waals surface area contributed by atoms with Gasteiger partial charge in [-0.15, -0.1) is 6.58 Å². The Morgan fingerprint density at radius 1 is 1.43 bits per heavy atom. The summed E-state index contributed by atoms with van der Waals surface area (Å²) in [4.78, 5) is 30.2. The summed E-state index contributed by atoms with van der Waals surface area (Å²) in [5.74, 6) is -0.668. The molecule has 0 radical (unpaired) electrons. The molecule has 1 amide bonds. The molecular weight excluding hydrogens is 270 g/mol. The second kappa shape index (κ2) is 6.69. The summed E-state index contributed by atoms with van der Waals surface area (Å²) in [6.07, 6.45) is 2.28. The molecule has 0 aliphatic rings. The monoisotopic (exact) mass is 287 g/mol. The SMILES string of the molecule is C=CCC(NC(=O)CCc1nc2ccccc2[nH]1)C(=O)O. The highest BCUT2D eigenvalue weighted by atomic mass is 16.4. The zero-order valence-corrected chi connectivity index (χ0v) is 11.5. The number of aryl methyl sites for hydroxylation is 1. The molecule has 2 aromatic rings. The number of aromatic nitrogens is 2. The van der Waals surface area contributed by atoms with Gasteiger partial charge < -0.3 is 15.4 Å². The van der Waals surface area contributed by atoms with Crippen molar-refractivity contribution in [2.75, 3.05) is 0 Å². The Kier molecular flexibility index (Phi) is 4.71. The smallest absolute Gasteiger partial charge is 0.326 e. The molecule has 0 saturated heterocycles. The van der Waals surface area contributed by atoms with Gasteiger partial charge in [0.05, 0.1) is 11.0 Å². The Balaban J connectivity index is 1.91. The third-order valence-corrected chi connectivity index (χ3v) is 3.06. The number of H-pyrrole nitrogens is 1. The number of amides is 1. The van der Waals surface area contributed by atoms with Gasteiger partial charge in [-0.3, -0.25) is 4.79 Å². The van der Waals surface area contributed by atoms with Gasteiger partial charge in [0, 0.05) is 12.8 Å². The van der Waals surface area contributed by atoms with Crippen LogP contribution in [0.15, 0.2) is 36.9 Å². The number of imidazole rings is 1. The van der Waals surface area contributed by atoms with Crippen LogP contribution in [0, 0.1) is 0 Å². The van der Waals surface area contributed by atoms with Crippen LogP contribution in [0.3, 0.4) is 0 Å². The van der Waals surface area contributed by atoms with Crippen molar-refractivity contribution >= 4 is 22.9 Å². The largest absolute Gasteiger partial charge is 0.480 e. The number of carboxylic acids is 1. The molecule has 1 aromatic carbocycles. The first-order chi connectivity index (χ1) is 10.1. The summed E-state index contributed by atoms with van der Waals surface area (Å²) in [6.45, 7) is 3.48. The topological polar surface area (TPSA) is 95.1 Å². The van der Waals surface area contributed by atoms with Crippen LogP contribution in [-0.4, -0.2) is 33.0 Å². The third kappa shape index (κ3) is 3.92. The predicted molar refractivity (Wildman–Crippen MR) is 78.8 cm³/mol. The van der Waals surface area contributed by atoms with Crippen LogP contribution in [0.2, 0.25) is 0 Å². The number of benzene rings is 1. The van der Waals surface area contributed by atoms with Gasteiger partial charge in [0.15, 0.2) is 0 Å². The van der Waals surface area contributed by atoms with Crippen LogP contribution >= 0.6 is 0 Å². The molecule has 0 aliphatic carbocycles. The maximum atomic E-state index is 11.8. The van der Waals surface area contributed by atoms with Gasteiger partial charge in [-0.1, -0.05) is 18.2 Å². The Hall–Kier alpha value is -2.63. The van der Waals surface area contributed by atoms with Gasteiger partial charge in [0.2, 0.25) is 5.91 Å². The fourth-order valence-electron chi connectivity index (χ4n) is 2.01. The molecule has 6 heteroatoms. The molecule has 1 aromatic heterocycles. The average molecular weight is 287 g/mol. The lowest BCUT2D eigenvalue weighted by atomic mass is 10.2. The lowest BCUT2D eigenvalue weighted by molar-refractivity contribution is -0.141. The van der Waals surface area contributed by atoms with E-state index in [1.807, 2.05) is 24.3 Å². The highest BCUT2D eigenvalue weighted by Crippen LogP contribution is 2.11. The lowest BCUT2D eigenvalue weighted by Gasteiger charge is -2.11. The zero-order chi connectivity index (χ0) is 15.2. The Labute approximate surface area is 121 Å². The second-order valence-corrected chi connectivity index (χ2v) is 4.68. The van der Waals surface area contributed by atoms with E-state index in [0.29, 0.717) is 12.2 Å². The molecule has 2 rings (SSSR count). The van der Waals surface area contributed by atoms with E-state index in [1.165, 1.54) is 6.08 Å². The molecule has 1 unspecified atom stereocenters. The van der Waals surface area contributed by atoms with Crippen molar-refractivity contribution in [1.29, 1.82) is 0 Å². The van der Waals surface area contributed by atoms with Crippen LogP contribution in [0.5, 0.6) is 0 Å². The van der Waals surface area contributed by atoms with Crippen LogP contribution in [0.25, 0.3) is 11.0 Å². The fourth-order valence-corrected chi connectivity index (χ4v) is 2.01. The fraction of sp³-hybridized carbons (Fsp3) is 0.267. The number of para-hydroxylation sites is 2. The van der Waals surface area contributed by atoms with E-state index in [0.717, 1.165) is 11.0 Å². The van der Waals surface area contributed by atoms with Crippen molar-refractivity contribution < 1.29 is 14.7 Å². The van der Waals surface area contributed by atoms with Gasteiger partial charge in [-0.05, 0) is 18.6 Å². The highest BCUT2D eigenvalue weighted by Gasteiger charge is 2.18. The van der Waals surface area contributed by atoms with E-state index in [9.17, 15) is 9.59 Å². The Morgan fingerprint density at radius 2 is 2.19 bits per heavy atom. The number of carbonyl (C=O) groups is 2. The van der Waals surface area contributed by atoms with Crippen molar-refractivity contribution in [3.05, 3.63) is 42.7 Å². The molecule has 110 valence electrons. The second-order valence-electron chi connectivity index (χ2n) is 4.68. The molecule has 0 spiro atoms. The van der Waals surface area contributed by atoms with E-state index in [4.69, 9.17) is 5.11 Å². The third-order valence-electron chi connectivity index (χ3n) is 3.06. The van der Waals surface area contributed by atoms with E-state index < -0.39 is 12.0 Å². The van der Waals surface area contributed by atoms with Gasteiger partial charge >= 0.3 is 5.97 Å². The predicted octanol–water partition coefficient (Wildman–Crippen LogP) is 1.64. The molecule has 6 nitrogen and oxygen atoms in total. The maximum Gasteiger partial charge on any atom is 0.326 e. The number of hydrogen-bond donors (Lipinski definition) is 3. The van der Waals surface area contributed by atoms with E-state index in [-0.39, 0.29) is 18.7 Å². The normalized spacial score (nSPS) is 12.0. The quantitative estimate of drug-likeness (QED) is 0.675. The van der Waals surface area contributed by atoms with Gasteiger partial charge in [-0.2, -0.15) is 0 Å². The van der Waals surface area contributed by atoms with Gasteiger partial charge in [-0.25, -0.2) is 9.78 Å². The van der Waals surface area contributed by atoms with Crippen LogP contribution in [0.4, 0.5) is 0 Å². The number of rotatable bonds is 7. The minimum absolute atomic E-state index is 0.181. The first-order valence-corrected chi connectivity index (χ1v) is 6.67. The number of nitrogens with zero attached hydrogens (tertiary/aromatic N) is 1. The number of nitrogens with one attached hydrogen (secondary N) is 2. The number of carboxylic acid groups (broad SMARTS) is 1. The number of aliphatic carboxylic acids is 1. The van der Waals surface area contributed by atoms with Crippen molar-refractivity contribution in [3.63, 3.8) is 0 Å². The average Bonchev–Trinajstić information content (AvgIpc) is 2.87. The number of carbonyl (C=O) groups excluding carboxylic acids is 1. The van der Waals surface area contributed by atoms with Crippen LogP contribution < -0.4 is 5.32 Å². The molecule has 0 saturated carbocycles. The van der Waals surface area contributed by atoms with Crippen molar-refractivity contribution in [2.45, 2.75) is 25.3 Å². The summed E-state index contributed by atoms with van der Waals surface area (Å²) in [7, 11) is 0. The summed E-state index contributed by atoms with van der Waals surface area (Å²) >= 11 is 0. The molecule has 3 N–H and O–H groups in total. The first-order valence-electron chi connectivity index (χ1n) is 6.67. The number of fused-ring (bicyclic) bond motifs is 1. The van der Waals surface area contributed by atoms with E-state index in [1.54, 1.807) is 0 Å². The van der Waals surface area contributed by atoms with Crippen LogP contribution in [0.1, 0.15) is 18.7 Å². The minimum atomic E-state index is -1.06. The van der Waals surface area contributed by atoms with E-state index >= 15 is 0 Å². The molecule has 0 aliphatic heterocycles. The minimum Gasteiger partial charge on any atom is -0.480 e.